The van der Waals surface area contributed by atoms with Gasteiger partial charge in [-0.2, -0.15) is 0 Å². The molecule has 3 aromatic rings. The van der Waals surface area contributed by atoms with Crippen LogP contribution in [0, 0.1) is 5.82 Å². The third-order valence-corrected chi connectivity index (χ3v) is 5.42. The van der Waals surface area contributed by atoms with E-state index in [9.17, 15) is 18.8 Å². The van der Waals surface area contributed by atoms with Crippen molar-refractivity contribution < 1.29 is 28.2 Å². The van der Waals surface area contributed by atoms with Crippen LogP contribution in [0.1, 0.15) is 53.4 Å². The van der Waals surface area contributed by atoms with Gasteiger partial charge in [-0.25, -0.2) is 14.2 Å². The topological polar surface area (TPSA) is 158 Å². The Morgan fingerprint density at radius 1 is 1.05 bits per heavy atom. The van der Waals surface area contributed by atoms with Crippen molar-refractivity contribution in [3.8, 4) is 5.75 Å². The lowest BCUT2D eigenvalue weighted by molar-refractivity contribution is -0.163. The molecule has 14 heteroatoms. The van der Waals surface area contributed by atoms with E-state index in [0.717, 1.165) is 12.1 Å². The average Bonchev–Trinajstić information content (AvgIpc) is 2.85. The molecule has 0 radical (unpaired) electrons. The highest BCUT2D eigenvalue weighted by Crippen LogP contribution is 2.37. The summed E-state index contributed by atoms with van der Waals surface area (Å²) in [6, 6.07) is 6.23. The lowest BCUT2D eigenvalue weighted by atomic mass is 10.1. The number of carbonyl (C=O) groups is 3. The number of pyridine rings is 1. The van der Waals surface area contributed by atoms with Gasteiger partial charge in [0.05, 0.1) is 16.9 Å². The minimum atomic E-state index is -1.67. The molecule has 0 aliphatic heterocycles. The van der Waals surface area contributed by atoms with E-state index in [1.165, 1.54) is 31.4 Å². The summed E-state index contributed by atoms with van der Waals surface area (Å²) in [5.74, 6) is -3.45. The monoisotopic (exact) mass is 564 g/mol. The lowest BCUT2D eigenvalue weighted by Gasteiger charge is -2.26. The van der Waals surface area contributed by atoms with Gasteiger partial charge in [-0.1, -0.05) is 23.2 Å². The molecule has 0 bridgehead atoms. The Morgan fingerprint density at radius 3 is 2.37 bits per heavy atom. The molecule has 38 heavy (non-hydrogen) atoms. The molecule has 1 aromatic carbocycles. The van der Waals surface area contributed by atoms with Crippen molar-refractivity contribution >= 4 is 52.5 Å². The molecule has 0 aliphatic rings. The maximum absolute atomic E-state index is 14.3. The van der Waals surface area contributed by atoms with Crippen molar-refractivity contribution in [3.05, 3.63) is 69.3 Å². The van der Waals surface area contributed by atoms with E-state index in [-0.39, 0.29) is 39.2 Å². The van der Waals surface area contributed by atoms with Crippen LogP contribution >= 0.6 is 23.2 Å². The van der Waals surface area contributed by atoms with Crippen molar-refractivity contribution in [1.29, 1.82) is 0 Å². The fourth-order valence-electron chi connectivity index (χ4n) is 3.00. The Labute approximate surface area is 226 Å². The zero-order chi connectivity index (χ0) is 28.2. The van der Waals surface area contributed by atoms with Gasteiger partial charge >= 0.3 is 5.97 Å². The molecule has 1 unspecified atom stereocenters. The van der Waals surface area contributed by atoms with Gasteiger partial charge in [0, 0.05) is 23.7 Å². The lowest BCUT2D eigenvalue weighted by Crippen LogP contribution is -2.31. The van der Waals surface area contributed by atoms with Gasteiger partial charge in [0.15, 0.2) is 17.3 Å². The number of aromatic nitrogens is 3. The predicted molar refractivity (Wildman–Crippen MR) is 138 cm³/mol. The van der Waals surface area contributed by atoms with Crippen molar-refractivity contribution in [2.75, 3.05) is 18.1 Å². The van der Waals surface area contributed by atoms with Crippen molar-refractivity contribution in [1.82, 2.24) is 20.5 Å². The normalized spacial score (nSPS) is 11.9. The number of nitrogens with two attached hydrogens (primary N) is 1. The fraction of sp³-hybridized carbons (Fsp3) is 0.250. The molecular formula is C24H23Cl2FN6O5. The second-order valence-corrected chi connectivity index (χ2v) is 9.52. The first-order chi connectivity index (χ1) is 17.8. The molecule has 2 amide bonds. The molecule has 0 saturated carbocycles. The smallest absolute Gasteiger partial charge is 0.352 e. The number of benzene rings is 1. The Kier molecular flexibility index (Phi) is 8.69. The first-order valence-electron chi connectivity index (χ1n) is 11.0. The van der Waals surface area contributed by atoms with Gasteiger partial charge in [0.2, 0.25) is 6.10 Å². The Hall–Kier alpha value is -4.03. The first kappa shape index (κ1) is 28.5. The van der Waals surface area contributed by atoms with Crippen molar-refractivity contribution in [2.45, 2.75) is 32.5 Å². The maximum atomic E-state index is 14.3. The number of ether oxygens (including phenoxy) is 2. The van der Waals surface area contributed by atoms with E-state index in [2.05, 4.69) is 25.8 Å². The quantitative estimate of drug-likeness (QED) is 0.285. The third kappa shape index (κ3) is 6.84. The van der Waals surface area contributed by atoms with Gasteiger partial charge in [-0.05, 0) is 45.0 Å². The zero-order valence-electron chi connectivity index (χ0n) is 20.6. The highest BCUT2D eigenvalue weighted by molar-refractivity contribution is 6.36. The number of hydrogen-bond donors (Lipinski definition) is 3. The van der Waals surface area contributed by atoms with Crippen LogP contribution in [0.2, 0.25) is 10.0 Å². The summed E-state index contributed by atoms with van der Waals surface area (Å²) in [4.78, 5) is 41.4. The number of nitrogen functional groups attached to an aromatic ring is 1. The summed E-state index contributed by atoms with van der Waals surface area (Å²) in [7, 11) is 1.46. The highest BCUT2D eigenvalue weighted by Gasteiger charge is 2.34. The standard InChI is InChI=1S/C24H23Cl2FN6O5/c1-24(2,3)38-23(36)19(17-12(25)6-7-13(27)18(17)26)37-16-9-15(32-33-20(16)28)22(35)31-11-5-8-14(30-10-11)21(34)29-4/h5-10,19H,1-4H3,(H2,28,33)(H,29,34)(H,31,35). The molecule has 0 saturated heterocycles. The maximum Gasteiger partial charge on any atom is 0.352 e. The molecule has 0 spiro atoms. The molecule has 0 fully saturated rings. The molecule has 3 rings (SSSR count). The predicted octanol–water partition coefficient (Wildman–Crippen LogP) is 3.97. The number of nitrogens with zero attached hydrogens (tertiary/aromatic N) is 3. The molecule has 0 aliphatic carbocycles. The van der Waals surface area contributed by atoms with E-state index in [0.29, 0.717) is 0 Å². The highest BCUT2D eigenvalue weighted by atomic mass is 35.5. The number of hydrogen-bond acceptors (Lipinski definition) is 9. The Morgan fingerprint density at radius 2 is 1.76 bits per heavy atom. The summed E-state index contributed by atoms with van der Waals surface area (Å²) in [6.45, 7) is 4.87. The SMILES string of the molecule is CNC(=O)c1ccc(NC(=O)c2cc(OC(C(=O)OC(C)(C)C)c3c(Cl)ccc(F)c3Cl)c(N)nn2)cn1. The van der Waals surface area contributed by atoms with Crippen molar-refractivity contribution in [3.63, 3.8) is 0 Å². The summed E-state index contributed by atoms with van der Waals surface area (Å²) in [5, 5.41) is 11.9. The molecule has 1 atom stereocenters. The summed E-state index contributed by atoms with van der Waals surface area (Å²) >= 11 is 12.4. The molecule has 11 nitrogen and oxygen atoms in total. The van der Waals surface area contributed by atoms with Gasteiger partial charge in [-0.15, -0.1) is 10.2 Å². The van der Waals surface area contributed by atoms with Gasteiger partial charge in [-0.3, -0.25) is 9.59 Å². The Bertz CT molecular complexity index is 1380. The summed E-state index contributed by atoms with van der Waals surface area (Å²) < 4.78 is 25.5. The minimum Gasteiger partial charge on any atom is -0.470 e. The minimum absolute atomic E-state index is 0.0708. The van der Waals surface area contributed by atoms with Crippen LogP contribution in [-0.2, 0) is 9.53 Å². The van der Waals surface area contributed by atoms with Crippen LogP contribution in [-0.4, -0.2) is 45.6 Å². The Balaban J connectivity index is 1.93. The van der Waals surface area contributed by atoms with Gasteiger partial charge < -0.3 is 25.8 Å². The number of nitrogens with one attached hydrogen (secondary N) is 2. The van der Waals surface area contributed by atoms with Crippen LogP contribution in [0.3, 0.4) is 0 Å². The van der Waals surface area contributed by atoms with E-state index in [1.807, 2.05) is 0 Å². The van der Waals surface area contributed by atoms with E-state index >= 15 is 0 Å². The molecule has 4 N–H and O–H groups in total. The number of esters is 1. The van der Waals surface area contributed by atoms with Crippen LogP contribution in [0.4, 0.5) is 15.9 Å². The average molecular weight is 565 g/mol. The van der Waals surface area contributed by atoms with Crippen LogP contribution in [0.15, 0.2) is 36.5 Å². The second-order valence-electron chi connectivity index (χ2n) is 8.73. The third-order valence-electron chi connectivity index (χ3n) is 4.71. The number of carbonyl (C=O) groups excluding carboxylic acids is 3. The number of rotatable bonds is 7. The fourth-order valence-corrected chi connectivity index (χ4v) is 3.57. The number of anilines is 2. The molecular weight excluding hydrogens is 542 g/mol. The van der Waals surface area contributed by atoms with E-state index in [1.54, 1.807) is 20.8 Å². The van der Waals surface area contributed by atoms with Crippen molar-refractivity contribution in [2.24, 2.45) is 0 Å². The molecule has 200 valence electrons. The first-order valence-corrected chi connectivity index (χ1v) is 11.7. The summed E-state index contributed by atoms with van der Waals surface area (Å²) in [6.07, 6.45) is -0.398. The molecule has 2 aromatic heterocycles. The summed E-state index contributed by atoms with van der Waals surface area (Å²) in [5.41, 5.74) is 4.90. The van der Waals surface area contributed by atoms with Crippen LogP contribution in [0.25, 0.3) is 0 Å². The number of halogens is 3. The van der Waals surface area contributed by atoms with Gasteiger partial charge in [0.25, 0.3) is 11.8 Å². The largest absolute Gasteiger partial charge is 0.470 e. The van der Waals surface area contributed by atoms with Crippen LogP contribution < -0.4 is 21.1 Å². The zero-order valence-corrected chi connectivity index (χ0v) is 22.1. The van der Waals surface area contributed by atoms with Gasteiger partial charge in [0.1, 0.15) is 17.1 Å². The number of amides is 2. The molecule has 2 heterocycles. The van der Waals surface area contributed by atoms with Crippen LogP contribution in [0.5, 0.6) is 5.75 Å². The van der Waals surface area contributed by atoms with E-state index in [4.69, 9.17) is 38.4 Å². The second kappa shape index (κ2) is 11.6. The van der Waals surface area contributed by atoms with E-state index < -0.39 is 40.3 Å².